The van der Waals surface area contributed by atoms with Crippen LogP contribution < -0.4 is 0 Å². The second-order valence-corrected chi connectivity index (χ2v) is 5.90. The molecule has 1 fully saturated rings. The molecule has 0 spiro atoms. The highest BCUT2D eigenvalue weighted by molar-refractivity contribution is 6.31. The lowest BCUT2D eigenvalue weighted by molar-refractivity contribution is 0.00148. The molecule has 0 amide bonds. The van der Waals surface area contributed by atoms with Crippen LogP contribution in [0, 0.1) is 0 Å². The Kier molecular flexibility index (Phi) is 5.25. The Bertz CT molecular complexity index is 400. The Morgan fingerprint density at radius 2 is 2.32 bits per heavy atom. The average molecular weight is 287 g/mol. The molecule has 0 bridgehead atoms. The Morgan fingerprint density at radius 1 is 1.53 bits per heavy atom. The van der Waals surface area contributed by atoms with Crippen molar-refractivity contribution in [3.8, 4) is 0 Å². The van der Waals surface area contributed by atoms with Crippen molar-refractivity contribution < 1.29 is 9.84 Å². The van der Waals surface area contributed by atoms with Gasteiger partial charge in [0.1, 0.15) is 0 Å². The van der Waals surface area contributed by atoms with Crippen LogP contribution in [-0.4, -0.2) is 27.6 Å². The van der Waals surface area contributed by atoms with Gasteiger partial charge >= 0.3 is 0 Å². The number of ether oxygens (including phenoxy) is 1. The quantitative estimate of drug-likeness (QED) is 0.901. The van der Waals surface area contributed by atoms with Crippen LogP contribution in [0.4, 0.5) is 0 Å². The molecule has 2 atom stereocenters. The number of aliphatic hydroxyl groups excluding tert-OH is 1. The predicted molar refractivity (Wildman–Crippen MR) is 75.4 cm³/mol. The number of rotatable bonds is 5. The number of hydrogen-bond donors (Lipinski definition) is 1. The fourth-order valence-electron chi connectivity index (χ4n) is 2.59. The van der Waals surface area contributed by atoms with E-state index in [1.54, 1.807) is 10.9 Å². The van der Waals surface area contributed by atoms with E-state index >= 15 is 0 Å². The number of hydrogen-bond acceptors (Lipinski definition) is 3. The molecule has 0 aromatic carbocycles. The molecule has 1 saturated heterocycles. The molecule has 4 nitrogen and oxygen atoms in total. The third-order valence-corrected chi connectivity index (χ3v) is 3.92. The Labute approximate surface area is 119 Å². The van der Waals surface area contributed by atoms with Crippen LogP contribution in [0.3, 0.4) is 0 Å². The molecule has 108 valence electrons. The van der Waals surface area contributed by atoms with E-state index < -0.39 is 6.10 Å². The largest absolute Gasteiger partial charge is 0.387 e. The number of nitrogens with zero attached hydrogens (tertiary/aromatic N) is 2. The molecule has 5 heteroatoms. The van der Waals surface area contributed by atoms with E-state index in [2.05, 4.69) is 5.10 Å². The highest BCUT2D eigenvalue weighted by Gasteiger charge is 2.22. The Balaban J connectivity index is 1.95. The van der Waals surface area contributed by atoms with E-state index in [1.807, 2.05) is 13.8 Å². The maximum atomic E-state index is 10.3. The monoisotopic (exact) mass is 286 g/mol. The molecular weight excluding hydrogens is 264 g/mol. The van der Waals surface area contributed by atoms with Gasteiger partial charge in [-0.1, -0.05) is 11.6 Å². The summed E-state index contributed by atoms with van der Waals surface area (Å²) >= 11 is 6.13. The summed E-state index contributed by atoms with van der Waals surface area (Å²) < 4.78 is 7.49. The SMILES string of the molecule is CC(C)n1ncc(Cl)c1C(O)CCC1CCCCO1. The minimum absolute atomic E-state index is 0.197. The van der Waals surface area contributed by atoms with Crippen molar-refractivity contribution in [2.75, 3.05) is 6.61 Å². The smallest absolute Gasteiger partial charge is 0.0972 e. The molecule has 1 aromatic heterocycles. The highest BCUT2D eigenvalue weighted by atomic mass is 35.5. The molecule has 0 radical (unpaired) electrons. The molecule has 19 heavy (non-hydrogen) atoms. The minimum Gasteiger partial charge on any atom is -0.387 e. The predicted octanol–water partition coefficient (Wildman–Crippen LogP) is 3.50. The van der Waals surface area contributed by atoms with Crippen molar-refractivity contribution in [3.05, 3.63) is 16.9 Å². The van der Waals surface area contributed by atoms with Crippen LogP contribution in [0.2, 0.25) is 5.02 Å². The number of aliphatic hydroxyl groups is 1. The zero-order chi connectivity index (χ0) is 13.8. The molecule has 2 unspecified atom stereocenters. The fourth-order valence-corrected chi connectivity index (χ4v) is 2.85. The summed E-state index contributed by atoms with van der Waals surface area (Å²) in [7, 11) is 0. The van der Waals surface area contributed by atoms with Crippen LogP contribution in [0.25, 0.3) is 0 Å². The lowest BCUT2D eigenvalue weighted by atomic mass is 10.0. The van der Waals surface area contributed by atoms with Crippen LogP contribution in [0.15, 0.2) is 6.20 Å². The van der Waals surface area contributed by atoms with Crippen LogP contribution in [0.5, 0.6) is 0 Å². The zero-order valence-electron chi connectivity index (χ0n) is 11.7. The van der Waals surface area contributed by atoms with Gasteiger partial charge in [-0.05, 0) is 46.0 Å². The normalized spacial score (nSPS) is 21.8. The molecule has 0 saturated carbocycles. The van der Waals surface area contributed by atoms with E-state index in [1.165, 1.54) is 6.42 Å². The van der Waals surface area contributed by atoms with E-state index in [-0.39, 0.29) is 12.1 Å². The van der Waals surface area contributed by atoms with Gasteiger partial charge in [0.2, 0.25) is 0 Å². The van der Waals surface area contributed by atoms with E-state index in [0.717, 1.165) is 31.6 Å². The molecule has 0 aliphatic carbocycles. The average Bonchev–Trinajstić information content (AvgIpc) is 2.79. The van der Waals surface area contributed by atoms with Crippen molar-refractivity contribution in [3.63, 3.8) is 0 Å². The van der Waals surface area contributed by atoms with E-state index in [0.29, 0.717) is 11.4 Å². The second-order valence-electron chi connectivity index (χ2n) is 5.50. The van der Waals surface area contributed by atoms with Gasteiger partial charge in [0.05, 0.1) is 29.1 Å². The summed E-state index contributed by atoms with van der Waals surface area (Å²) in [6.07, 6.45) is 6.36. The third-order valence-electron chi connectivity index (χ3n) is 3.63. The van der Waals surface area contributed by atoms with Crippen molar-refractivity contribution >= 4 is 11.6 Å². The zero-order valence-corrected chi connectivity index (χ0v) is 12.4. The van der Waals surface area contributed by atoms with Crippen molar-refractivity contribution in [1.29, 1.82) is 0 Å². The molecule has 2 rings (SSSR count). The molecule has 1 aromatic rings. The Hall–Kier alpha value is -0.580. The van der Waals surface area contributed by atoms with Gasteiger partial charge in [-0.15, -0.1) is 0 Å². The summed E-state index contributed by atoms with van der Waals surface area (Å²) in [4.78, 5) is 0. The number of aromatic nitrogens is 2. The molecule has 1 aliphatic rings. The lowest BCUT2D eigenvalue weighted by Gasteiger charge is -2.24. The molecular formula is C14H23ClN2O2. The first kappa shape index (κ1) is 14.8. The first-order valence-corrected chi connectivity index (χ1v) is 7.50. The second kappa shape index (κ2) is 6.73. The van der Waals surface area contributed by atoms with Gasteiger partial charge in [-0.3, -0.25) is 4.68 Å². The lowest BCUT2D eigenvalue weighted by Crippen LogP contribution is -2.20. The van der Waals surface area contributed by atoms with Crippen LogP contribution >= 0.6 is 11.6 Å². The maximum Gasteiger partial charge on any atom is 0.0972 e. The van der Waals surface area contributed by atoms with Crippen molar-refractivity contribution in [2.45, 2.75) is 64.2 Å². The fraction of sp³-hybridized carbons (Fsp3) is 0.786. The van der Waals surface area contributed by atoms with Crippen LogP contribution in [0.1, 0.15) is 63.8 Å². The maximum absolute atomic E-state index is 10.3. The summed E-state index contributed by atoms with van der Waals surface area (Å²) in [6, 6.07) is 0.197. The van der Waals surface area contributed by atoms with E-state index in [4.69, 9.17) is 16.3 Å². The highest BCUT2D eigenvalue weighted by Crippen LogP contribution is 2.29. The van der Waals surface area contributed by atoms with Gasteiger partial charge in [-0.25, -0.2) is 0 Å². The topological polar surface area (TPSA) is 47.3 Å². The summed E-state index contributed by atoms with van der Waals surface area (Å²) in [5.74, 6) is 0. The summed E-state index contributed by atoms with van der Waals surface area (Å²) in [5, 5.41) is 15.1. The van der Waals surface area contributed by atoms with Gasteiger partial charge in [0.25, 0.3) is 0 Å². The van der Waals surface area contributed by atoms with Gasteiger partial charge in [0, 0.05) is 12.6 Å². The molecule has 1 N–H and O–H groups in total. The van der Waals surface area contributed by atoms with Crippen molar-refractivity contribution in [1.82, 2.24) is 9.78 Å². The summed E-state index contributed by atoms with van der Waals surface area (Å²) in [5.41, 5.74) is 0.729. The van der Waals surface area contributed by atoms with Gasteiger partial charge in [-0.2, -0.15) is 5.10 Å². The van der Waals surface area contributed by atoms with Gasteiger partial charge < -0.3 is 9.84 Å². The Morgan fingerprint density at radius 3 is 2.95 bits per heavy atom. The minimum atomic E-state index is -0.567. The molecule has 1 aliphatic heterocycles. The van der Waals surface area contributed by atoms with E-state index in [9.17, 15) is 5.11 Å². The molecule has 2 heterocycles. The van der Waals surface area contributed by atoms with Crippen LogP contribution in [-0.2, 0) is 4.74 Å². The first-order valence-electron chi connectivity index (χ1n) is 7.12. The van der Waals surface area contributed by atoms with Crippen molar-refractivity contribution in [2.24, 2.45) is 0 Å². The first-order chi connectivity index (χ1) is 9.09. The third kappa shape index (κ3) is 3.71. The van der Waals surface area contributed by atoms with Gasteiger partial charge in [0.15, 0.2) is 0 Å². The number of halogens is 1. The summed E-state index contributed by atoms with van der Waals surface area (Å²) in [6.45, 7) is 4.92. The standard InChI is InChI=1S/C14H23ClN2O2/c1-10(2)17-14(12(15)9-16-17)13(18)7-6-11-5-3-4-8-19-11/h9-11,13,18H,3-8H2,1-2H3.